The third kappa shape index (κ3) is 1.93. The molecule has 1 fully saturated rings. The Kier molecular flexibility index (Phi) is 2.67. The van der Waals surface area contributed by atoms with Gasteiger partial charge in [-0.15, -0.1) is 11.6 Å². The summed E-state index contributed by atoms with van der Waals surface area (Å²) in [6.07, 6.45) is 1.31. The molecule has 1 aromatic heterocycles. The number of fused-ring (bicyclic) bond motifs is 1. The number of aromatic nitrogens is 2. The van der Waals surface area contributed by atoms with Gasteiger partial charge in [0, 0.05) is 6.54 Å². The van der Waals surface area contributed by atoms with E-state index in [1.807, 2.05) is 0 Å². The van der Waals surface area contributed by atoms with Crippen LogP contribution in [-0.2, 0) is 12.4 Å². The van der Waals surface area contributed by atoms with E-state index >= 15 is 0 Å². The van der Waals surface area contributed by atoms with E-state index in [1.165, 1.54) is 17.5 Å². The fraction of sp³-hybridized carbons (Fsp3) is 0.533. The molecule has 96 valence electrons. The number of alkyl halides is 1. The van der Waals surface area contributed by atoms with Crippen LogP contribution < -0.4 is 0 Å². The van der Waals surface area contributed by atoms with Crippen molar-refractivity contribution < 1.29 is 0 Å². The summed E-state index contributed by atoms with van der Waals surface area (Å²) in [5.74, 6) is 2.25. The van der Waals surface area contributed by atoms with Gasteiger partial charge in [0.15, 0.2) is 0 Å². The second-order valence-corrected chi connectivity index (χ2v) is 6.42. The predicted molar refractivity (Wildman–Crippen MR) is 75.9 cm³/mol. The molecule has 3 heteroatoms. The molecule has 1 unspecified atom stereocenters. The van der Waals surface area contributed by atoms with Gasteiger partial charge in [-0.25, -0.2) is 4.98 Å². The zero-order valence-corrected chi connectivity index (χ0v) is 12.0. The third-order valence-electron chi connectivity index (χ3n) is 4.22. The van der Waals surface area contributed by atoms with Crippen LogP contribution in [0.25, 0.3) is 11.0 Å². The third-order valence-corrected chi connectivity index (χ3v) is 4.46. The molecule has 0 N–H and O–H groups in total. The van der Waals surface area contributed by atoms with Crippen molar-refractivity contribution in [3.05, 3.63) is 29.6 Å². The van der Waals surface area contributed by atoms with Crippen molar-refractivity contribution in [1.82, 2.24) is 9.55 Å². The molecule has 0 bridgehead atoms. The number of benzene rings is 1. The average Bonchev–Trinajstić information content (AvgIpc) is 2.77. The number of halogens is 1. The molecule has 0 radical (unpaired) electrons. The zero-order chi connectivity index (χ0) is 12.9. The lowest BCUT2D eigenvalue weighted by molar-refractivity contribution is 0.498. The van der Waals surface area contributed by atoms with Crippen LogP contribution >= 0.6 is 11.6 Å². The summed E-state index contributed by atoms with van der Waals surface area (Å²) >= 11 is 6.03. The molecule has 0 aliphatic heterocycles. The van der Waals surface area contributed by atoms with Gasteiger partial charge in [-0.3, -0.25) is 0 Å². The minimum atomic E-state index is 0.487. The SMILES string of the molecule is Cc1ccc2c(c1)nc(CCl)n2CC1CC1(C)C. The van der Waals surface area contributed by atoms with E-state index in [9.17, 15) is 0 Å². The van der Waals surface area contributed by atoms with Gasteiger partial charge in [-0.2, -0.15) is 0 Å². The Balaban J connectivity index is 2.03. The van der Waals surface area contributed by atoms with Gasteiger partial charge in [-0.05, 0) is 42.4 Å². The van der Waals surface area contributed by atoms with Crippen LogP contribution in [0.3, 0.4) is 0 Å². The molecule has 18 heavy (non-hydrogen) atoms. The van der Waals surface area contributed by atoms with E-state index in [2.05, 4.69) is 48.5 Å². The van der Waals surface area contributed by atoms with Crippen molar-refractivity contribution >= 4 is 22.6 Å². The van der Waals surface area contributed by atoms with Gasteiger partial charge in [0.05, 0.1) is 16.9 Å². The zero-order valence-electron chi connectivity index (χ0n) is 11.2. The number of rotatable bonds is 3. The first kappa shape index (κ1) is 12.0. The summed E-state index contributed by atoms with van der Waals surface area (Å²) in [4.78, 5) is 4.65. The highest BCUT2D eigenvalue weighted by molar-refractivity contribution is 6.16. The van der Waals surface area contributed by atoms with Gasteiger partial charge in [0.1, 0.15) is 5.82 Å². The summed E-state index contributed by atoms with van der Waals surface area (Å²) in [6, 6.07) is 6.46. The summed E-state index contributed by atoms with van der Waals surface area (Å²) < 4.78 is 2.31. The highest BCUT2D eigenvalue weighted by Gasteiger charge is 2.45. The maximum absolute atomic E-state index is 6.03. The van der Waals surface area contributed by atoms with Crippen LogP contribution in [-0.4, -0.2) is 9.55 Å². The van der Waals surface area contributed by atoms with Crippen LogP contribution in [0.1, 0.15) is 31.7 Å². The molecule has 0 spiro atoms. The average molecular weight is 263 g/mol. The molecule has 1 atom stereocenters. The van der Waals surface area contributed by atoms with E-state index in [4.69, 9.17) is 11.6 Å². The molecule has 1 heterocycles. The fourth-order valence-electron chi connectivity index (χ4n) is 2.70. The lowest BCUT2D eigenvalue weighted by Crippen LogP contribution is -2.06. The highest BCUT2D eigenvalue weighted by atomic mass is 35.5. The lowest BCUT2D eigenvalue weighted by atomic mass is 10.1. The van der Waals surface area contributed by atoms with Gasteiger partial charge in [-0.1, -0.05) is 19.9 Å². The fourth-order valence-corrected chi connectivity index (χ4v) is 2.91. The highest BCUT2D eigenvalue weighted by Crippen LogP contribution is 2.52. The van der Waals surface area contributed by atoms with Crippen LogP contribution in [0.2, 0.25) is 0 Å². The van der Waals surface area contributed by atoms with Gasteiger partial charge in [0.25, 0.3) is 0 Å². The Morgan fingerprint density at radius 3 is 2.78 bits per heavy atom. The number of hydrogen-bond acceptors (Lipinski definition) is 1. The minimum Gasteiger partial charge on any atom is -0.327 e. The van der Waals surface area contributed by atoms with Crippen LogP contribution in [0, 0.1) is 18.3 Å². The molecule has 2 nitrogen and oxygen atoms in total. The molecule has 1 aliphatic carbocycles. The van der Waals surface area contributed by atoms with Crippen LogP contribution in [0.5, 0.6) is 0 Å². The topological polar surface area (TPSA) is 17.8 Å². The van der Waals surface area contributed by atoms with Crippen molar-refractivity contribution in [2.24, 2.45) is 11.3 Å². The number of imidazole rings is 1. The summed E-state index contributed by atoms with van der Waals surface area (Å²) in [6.45, 7) is 7.82. The molecule has 1 aliphatic rings. The van der Waals surface area contributed by atoms with Crippen LogP contribution in [0.4, 0.5) is 0 Å². The monoisotopic (exact) mass is 262 g/mol. The number of aryl methyl sites for hydroxylation is 1. The lowest BCUT2D eigenvalue weighted by Gasteiger charge is -2.09. The van der Waals surface area contributed by atoms with Crippen molar-refractivity contribution in [2.75, 3.05) is 0 Å². The second-order valence-electron chi connectivity index (χ2n) is 6.15. The standard InChI is InChI=1S/C15H19ClN2/c1-10-4-5-13-12(6-10)17-14(8-16)18(13)9-11-7-15(11,2)3/h4-6,11H,7-9H2,1-3H3. The maximum atomic E-state index is 6.03. The maximum Gasteiger partial charge on any atom is 0.124 e. The minimum absolute atomic E-state index is 0.487. The largest absolute Gasteiger partial charge is 0.327 e. The Morgan fingerprint density at radius 2 is 2.17 bits per heavy atom. The molecule has 0 saturated heterocycles. The first-order chi connectivity index (χ1) is 8.51. The Morgan fingerprint density at radius 1 is 1.44 bits per heavy atom. The molecular weight excluding hydrogens is 244 g/mol. The van der Waals surface area contributed by atoms with Crippen molar-refractivity contribution in [3.63, 3.8) is 0 Å². The van der Waals surface area contributed by atoms with E-state index in [0.29, 0.717) is 11.3 Å². The van der Waals surface area contributed by atoms with Crippen LogP contribution in [0.15, 0.2) is 18.2 Å². The van der Waals surface area contributed by atoms with E-state index in [-0.39, 0.29) is 0 Å². The smallest absolute Gasteiger partial charge is 0.124 e. The Hall–Kier alpha value is -1.02. The van der Waals surface area contributed by atoms with Gasteiger partial charge < -0.3 is 4.57 Å². The first-order valence-electron chi connectivity index (χ1n) is 6.53. The number of nitrogens with zero attached hydrogens (tertiary/aromatic N) is 2. The quantitative estimate of drug-likeness (QED) is 0.761. The normalized spacial score (nSPS) is 21.4. The van der Waals surface area contributed by atoms with Crippen molar-refractivity contribution in [2.45, 2.75) is 39.6 Å². The molecule has 1 saturated carbocycles. The Bertz CT molecular complexity index is 598. The molecule has 2 aromatic rings. The number of hydrogen-bond donors (Lipinski definition) is 0. The summed E-state index contributed by atoms with van der Waals surface area (Å²) in [5, 5.41) is 0. The molecule has 1 aromatic carbocycles. The second kappa shape index (κ2) is 3.99. The predicted octanol–water partition coefficient (Wildman–Crippen LogP) is 4.13. The Labute approximate surface area is 113 Å². The molecule has 3 rings (SSSR count). The summed E-state index contributed by atoms with van der Waals surface area (Å²) in [5.41, 5.74) is 4.04. The van der Waals surface area contributed by atoms with Crippen molar-refractivity contribution in [3.8, 4) is 0 Å². The first-order valence-corrected chi connectivity index (χ1v) is 7.06. The molecule has 0 amide bonds. The van der Waals surface area contributed by atoms with Crippen molar-refractivity contribution in [1.29, 1.82) is 0 Å². The van der Waals surface area contributed by atoms with E-state index in [1.54, 1.807) is 0 Å². The molecular formula is C15H19ClN2. The van der Waals surface area contributed by atoms with E-state index in [0.717, 1.165) is 23.8 Å². The summed E-state index contributed by atoms with van der Waals surface area (Å²) in [7, 11) is 0. The van der Waals surface area contributed by atoms with Gasteiger partial charge >= 0.3 is 0 Å². The van der Waals surface area contributed by atoms with Gasteiger partial charge in [0.2, 0.25) is 0 Å². The van der Waals surface area contributed by atoms with E-state index < -0.39 is 0 Å².